The SMILES string of the molecule is CCCCCCC(CCC(CCCCC)C(=O)O)C(=O)OCCCCC. The van der Waals surface area contributed by atoms with Crippen LogP contribution in [0.25, 0.3) is 0 Å². The highest BCUT2D eigenvalue weighted by Gasteiger charge is 2.24. The summed E-state index contributed by atoms with van der Waals surface area (Å²) < 4.78 is 5.47. The summed E-state index contributed by atoms with van der Waals surface area (Å²) in [5, 5.41) is 9.45. The molecule has 1 N–H and O–H groups in total. The van der Waals surface area contributed by atoms with Crippen molar-refractivity contribution in [1.82, 2.24) is 0 Å². The topological polar surface area (TPSA) is 63.6 Å². The second-order valence-electron chi connectivity index (χ2n) is 7.53. The van der Waals surface area contributed by atoms with Gasteiger partial charge in [-0.15, -0.1) is 0 Å². The summed E-state index contributed by atoms with van der Waals surface area (Å²) in [6.07, 6.45) is 13.5. The highest BCUT2D eigenvalue weighted by molar-refractivity contribution is 5.73. The van der Waals surface area contributed by atoms with E-state index in [4.69, 9.17) is 4.74 Å². The Balaban J connectivity index is 4.49. The Morgan fingerprint density at radius 3 is 1.81 bits per heavy atom. The number of aliphatic carboxylic acids is 1. The number of esters is 1. The Labute approximate surface area is 161 Å². The van der Waals surface area contributed by atoms with Crippen molar-refractivity contribution in [2.24, 2.45) is 11.8 Å². The second kappa shape index (κ2) is 17.4. The Kier molecular flexibility index (Phi) is 16.7. The van der Waals surface area contributed by atoms with Crippen molar-refractivity contribution < 1.29 is 19.4 Å². The van der Waals surface area contributed by atoms with Gasteiger partial charge in [0.25, 0.3) is 0 Å². The van der Waals surface area contributed by atoms with Crippen LogP contribution in [-0.4, -0.2) is 23.7 Å². The van der Waals surface area contributed by atoms with Gasteiger partial charge in [-0.1, -0.05) is 78.6 Å². The molecule has 0 amide bonds. The first-order valence-electron chi connectivity index (χ1n) is 11.0. The molecule has 0 aromatic heterocycles. The summed E-state index contributed by atoms with van der Waals surface area (Å²) >= 11 is 0. The van der Waals surface area contributed by atoms with Crippen molar-refractivity contribution in [3.63, 3.8) is 0 Å². The lowest BCUT2D eigenvalue weighted by molar-refractivity contribution is -0.150. The van der Waals surface area contributed by atoms with Crippen LogP contribution >= 0.6 is 0 Å². The van der Waals surface area contributed by atoms with Gasteiger partial charge in [-0.05, 0) is 32.1 Å². The molecule has 0 fully saturated rings. The van der Waals surface area contributed by atoms with Crippen LogP contribution in [0.15, 0.2) is 0 Å². The summed E-state index contributed by atoms with van der Waals surface area (Å²) in [6, 6.07) is 0. The Morgan fingerprint density at radius 2 is 1.19 bits per heavy atom. The van der Waals surface area contributed by atoms with Crippen molar-refractivity contribution in [2.45, 2.75) is 111 Å². The molecule has 2 atom stereocenters. The zero-order valence-electron chi connectivity index (χ0n) is 17.4. The molecule has 2 unspecified atom stereocenters. The number of ether oxygens (including phenoxy) is 1. The molecule has 0 bridgehead atoms. The van der Waals surface area contributed by atoms with E-state index in [1.165, 1.54) is 12.8 Å². The smallest absolute Gasteiger partial charge is 0.308 e. The molecule has 0 saturated heterocycles. The fourth-order valence-electron chi connectivity index (χ4n) is 3.27. The van der Waals surface area contributed by atoms with Gasteiger partial charge in [0.2, 0.25) is 0 Å². The first kappa shape index (κ1) is 24.9. The van der Waals surface area contributed by atoms with E-state index in [2.05, 4.69) is 20.8 Å². The van der Waals surface area contributed by atoms with Crippen LogP contribution in [0.4, 0.5) is 0 Å². The lowest BCUT2D eigenvalue weighted by Crippen LogP contribution is -2.22. The molecule has 0 aliphatic heterocycles. The lowest BCUT2D eigenvalue weighted by Gasteiger charge is -2.19. The monoisotopic (exact) mass is 370 g/mol. The van der Waals surface area contributed by atoms with E-state index < -0.39 is 5.97 Å². The number of hydrogen-bond acceptors (Lipinski definition) is 3. The van der Waals surface area contributed by atoms with Crippen molar-refractivity contribution in [1.29, 1.82) is 0 Å². The number of carbonyl (C=O) groups is 2. The fraction of sp³-hybridized carbons (Fsp3) is 0.909. The van der Waals surface area contributed by atoms with Crippen LogP contribution in [-0.2, 0) is 14.3 Å². The molecular formula is C22H42O4. The maximum absolute atomic E-state index is 12.4. The number of unbranched alkanes of at least 4 members (excludes halogenated alkanes) is 7. The van der Waals surface area contributed by atoms with Crippen LogP contribution in [0, 0.1) is 11.8 Å². The standard InChI is InChI=1S/C22H42O4/c1-4-7-10-12-15-20(22(25)26-18-13-9-6-3)17-16-19(21(23)24)14-11-8-5-2/h19-20H,4-18H2,1-3H3,(H,23,24). The summed E-state index contributed by atoms with van der Waals surface area (Å²) in [4.78, 5) is 23.9. The molecule has 0 aliphatic carbocycles. The van der Waals surface area contributed by atoms with Crippen LogP contribution in [0.2, 0.25) is 0 Å². The maximum atomic E-state index is 12.4. The normalized spacial score (nSPS) is 13.3. The third-order valence-electron chi connectivity index (χ3n) is 5.10. The van der Waals surface area contributed by atoms with Gasteiger partial charge in [-0.25, -0.2) is 0 Å². The molecule has 0 aliphatic rings. The number of carboxylic acids is 1. The zero-order valence-corrected chi connectivity index (χ0v) is 17.4. The van der Waals surface area contributed by atoms with E-state index in [0.29, 0.717) is 19.4 Å². The van der Waals surface area contributed by atoms with Crippen LogP contribution < -0.4 is 0 Å². The van der Waals surface area contributed by atoms with Gasteiger partial charge in [0, 0.05) is 0 Å². The predicted molar refractivity (Wildman–Crippen MR) is 107 cm³/mol. The largest absolute Gasteiger partial charge is 0.481 e. The third kappa shape index (κ3) is 13.2. The van der Waals surface area contributed by atoms with Gasteiger partial charge < -0.3 is 9.84 Å². The molecule has 4 nitrogen and oxygen atoms in total. The van der Waals surface area contributed by atoms with Crippen molar-refractivity contribution in [3.8, 4) is 0 Å². The average molecular weight is 371 g/mol. The highest BCUT2D eigenvalue weighted by Crippen LogP contribution is 2.24. The number of carboxylic acid groups (broad SMARTS) is 1. The summed E-state index contributed by atoms with van der Waals surface area (Å²) in [6.45, 7) is 6.92. The fourth-order valence-corrected chi connectivity index (χ4v) is 3.27. The van der Waals surface area contributed by atoms with Crippen molar-refractivity contribution in [3.05, 3.63) is 0 Å². The second-order valence-corrected chi connectivity index (χ2v) is 7.53. The molecule has 0 heterocycles. The highest BCUT2D eigenvalue weighted by atomic mass is 16.5. The quantitative estimate of drug-likeness (QED) is 0.225. The van der Waals surface area contributed by atoms with Crippen molar-refractivity contribution in [2.75, 3.05) is 6.61 Å². The molecule has 154 valence electrons. The van der Waals surface area contributed by atoms with Crippen molar-refractivity contribution >= 4 is 11.9 Å². The first-order valence-corrected chi connectivity index (χ1v) is 11.0. The zero-order chi connectivity index (χ0) is 19.6. The number of hydrogen-bond donors (Lipinski definition) is 1. The number of rotatable bonds is 18. The van der Waals surface area contributed by atoms with E-state index in [-0.39, 0.29) is 17.8 Å². The third-order valence-corrected chi connectivity index (χ3v) is 5.10. The van der Waals surface area contributed by atoms with Crippen LogP contribution in [0.1, 0.15) is 111 Å². The van der Waals surface area contributed by atoms with E-state index in [0.717, 1.165) is 64.2 Å². The molecule has 26 heavy (non-hydrogen) atoms. The van der Waals surface area contributed by atoms with Gasteiger partial charge in [0.15, 0.2) is 0 Å². The summed E-state index contributed by atoms with van der Waals surface area (Å²) in [5.74, 6) is -1.30. The maximum Gasteiger partial charge on any atom is 0.308 e. The Morgan fingerprint density at radius 1 is 0.692 bits per heavy atom. The minimum atomic E-state index is -0.720. The lowest BCUT2D eigenvalue weighted by atomic mass is 9.89. The molecule has 4 heteroatoms. The molecule has 0 radical (unpaired) electrons. The van der Waals surface area contributed by atoms with Crippen LogP contribution in [0.3, 0.4) is 0 Å². The molecule has 0 spiro atoms. The Bertz CT molecular complexity index is 354. The van der Waals surface area contributed by atoms with Gasteiger partial charge in [-0.3, -0.25) is 9.59 Å². The van der Waals surface area contributed by atoms with E-state index in [1.807, 2.05) is 0 Å². The summed E-state index contributed by atoms with van der Waals surface area (Å²) in [7, 11) is 0. The molecule has 0 aromatic carbocycles. The van der Waals surface area contributed by atoms with Gasteiger partial charge in [0.1, 0.15) is 0 Å². The molecular weight excluding hydrogens is 328 g/mol. The van der Waals surface area contributed by atoms with E-state index in [9.17, 15) is 14.7 Å². The molecule has 0 aromatic rings. The minimum Gasteiger partial charge on any atom is -0.481 e. The number of carbonyl (C=O) groups excluding carboxylic acids is 1. The van der Waals surface area contributed by atoms with E-state index in [1.54, 1.807) is 0 Å². The Hall–Kier alpha value is -1.06. The first-order chi connectivity index (χ1) is 12.6. The minimum absolute atomic E-state index is 0.115. The average Bonchev–Trinajstić information content (AvgIpc) is 2.62. The van der Waals surface area contributed by atoms with E-state index >= 15 is 0 Å². The summed E-state index contributed by atoms with van der Waals surface area (Å²) in [5.41, 5.74) is 0. The predicted octanol–water partition coefficient (Wildman–Crippen LogP) is 6.37. The molecule has 0 rings (SSSR count). The van der Waals surface area contributed by atoms with Gasteiger partial charge >= 0.3 is 11.9 Å². The van der Waals surface area contributed by atoms with Crippen LogP contribution in [0.5, 0.6) is 0 Å². The van der Waals surface area contributed by atoms with Gasteiger partial charge in [-0.2, -0.15) is 0 Å². The van der Waals surface area contributed by atoms with Gasteiger partial charge in [0.05, 0.1) is 18.4 Å². The molecule has 0 saturated carbocycles.